The fraction of sp³-hybridized carbons (Fsp3) is 0. The minimum atomic E-state index is 0. The monoisotopic (exact) mass is 701 g/mol. The summed E-state index contributed by atoms with van der Waals surface area (Å²) in [6.45, 7) is 0. The number of benzene rings is 5. The van der Waals surface area contributed by atoms with Gasteiger partial charge in [0.1, 0.15) is 0 Å². The molecule has 2 nitrogen and oxygen atoms in total. The fourth-order valence-electron chi connectivity index (χ4n) is 5.31. The Kier molecular flexibility index (Phi) is 7.65. The maximum absolute atomic E-state index is 4.86. The van der Waals surface area contributed by atoms with Gasteiger partial charge in [0, 0.05) is 31.7 Å². The molecule has 0 amide bonds. The molecule has 197 valence electrons. The Bertz CT molecular complexity index is 1880. The zero-order valence-electron chi connectivity index (χ0n) is 22.1. The summed E-state index contributed by atoms with van der Waals surface area (Å²) >= 11 is 0. The predicted molar refractivity (Wildman–Crippen MR) is 164 cm³/mol. The molecule has 3 heteroatoms. The first kappa shape index (κ1) is 26.5. The molecule has 1 aliphatic rings. The van der Waals surface area contributed by atoms with Gasteiger partial charge in [-0.1, -0.05) is 84.9 Å². The van der Waals surface area contributed by atoms with Gasteiger partial charge in [0.15, 0.2) is 0 Å². The smallest absolute Gasteiger partial charge is 0.0607 e. The third kappa shape index (κ3) is 5.26. The Morgan fingerprint density at radius 3 is 1.98 bits per heavy atom. The van der Waals surface area contributed by atoms with Crippen molar-refractivity contribution in [3.63, 3.8) is 0 Å². The second-order valence-electron chi connectivity index (χ2n) is 9.65. The molecule has 1 aliphatic carbocycles. The summed E-state index contributed by atoms with van der Waals surface area (Å²) in [5.74, 6) is 0. The van der Waals surface area contributed by atoms with E-state index in [9.17, 15) is 0 Å². The number of pyridine rings is 2. The molecule has 0 bridgehead atoms. The van der Waals surface area contributed by atoms with Gasteiger partial charge >= 0.3 is 0 Å². The summed E-state index contributed by atoms with van der Waals surface area (Å²) in [5.41, 5.74) is 12.6. The van der Waals surface area contributed by atoms with E-state index >= 15 is 0 Å². The standard InChI is InChI=1S/C21H12N.C17H12N.Ir/c1-2-7-14(8-3-1)20-13-18-16-10-5-4-9-15(16)17-11-6-12-19(22-20)21(17)18;1-2-7-14(8-3-1)15-9-6-10-16(13-15)17-11-4-5-12-18-17;/h1-7,9-13H;1-9,11-13H;/q2*-1;. The molecule has 2 aromatic heterocycles. The van der Waals surface area contributed by atoms with Crippen molar-refractivity contribution in [3.05, 3.63) is 158 Å². The van der Waals surface area contributed by atoms with E-state index in [4.69, 9.17) is 4.98 Å². The van der Waals surface area contributed by atoms with Crippen LogP contribution < -0.4 is 0 Å². The van der Waals surface area contributed by atoms with Gasteiger partial charge in [-0.15, -0.1) is 71.3 Å². The van der Waals surface area contributed by atoms with Gasteiger partial charge in [0.05, 0.1) is 5.52 Å². The molecule has 2 heterocycles. The summed E-state index contributed by atoms with van der Waals surface area (Å²) in [7, 11) is 0. The van der Waals surface area contributed by atoms with Gasteiger partial charge in [-0.25, -0.2) is 0 Å². The van der Waals surface area contributed by atoms with E-state index in [1.54, 1.807) is 6.20 Å². The number of fused-ring (bicyclic) bond motifs is 3. The van der Waals surface area contributed by atoms with Gasteiger partial charge in [-0.2, -0.15) is 0 Å². The topological polar surface area (TPSA) is 25.8 Å². The maximum atomic E-state index is 4.86. The van der Waals surface area contributed by atoms with Crippen LogP contribution in [0.3, 0.4) is 0 Å². The third-order valence-corrected chi connectivity index (χ3v) is 7.18. The van der Waals surface area contributed by atoms with Crippen LogP contribution in [0, 0.1) is 12.1 Å². The van der Waals surface area contributed by atoms with Crippen molar-refractivity contribution >= 4 is 10.9 Å². The third-order valence-electron chi connectivity index (χ3n) is 7.18. The van der Waals surface area contributed by atoms with E-state index < -0.39 is 0 Å². The molecule has 0 saturated heterocycles. The Hall–Kier alpha value is -4.69. The second kappa shape index (κ2) is 11.8. The van der Waals surface area contributed by atoms with Crippen LogP contribution in [-0.4, -0.2) is 9.97 Å². The molecule has 0 fully saturated rings. The van der Waals surface area contributed by atoms with Gasteiger partial charge in [-0.05, 0) is 51.3 Å². The second-order valence-corrected chi connectivity index (χ2v) is 9.65. The molecule has 7 aromatic rings. The number of hydrogen-bond acceptors (Lipinski definition) is 2. The van der Waals surface area contributed by atoms with Crippen LogP contribution in [0.5, 0.6) is 0 Å². The number of hydrogen-bond donors (Lipinski definition) is 0. The average Bonchev–Trinajstić information content (AvgIpc) is 3.37. The van der Waals surface area contributed by atoms with Crippen LogP contribution in [0.25, 0.3) is 66.8 Å². The quantitative estimate of drug-likeness (QED) is 0.172. The van der Waals surface area contributed by atoms with Crippen LogP contribution >= 0.6 is 0 Å². The molecular formula is C38H24IrN2-2. The van der Waals surface area contributed by atoms with Gasteiger partial charge in [0.25, 0.3) is 0 Å². The van der Waals surface area contributed by atoms with Crippen molar-refractivity contribution in [1.82, 2.24) is 9.97 Å². The van der Waals surface area contributed by atoms with Crippen LogP contribution in [0.4, 0.5) is 0 Å². The van der Waals surface area contributed by atoms with Crippen LogP contribution in [-0.2, 0) is 20.1 Å². The Balaban J connectivity index is 0.000000147. The first-order chi connectivity index (χ1) is 19.8. The predicted octanol–water partition coefficient (Wildman–Crippen LogP) is 9.56. The summed E-state index contributed by atoms with van der Waals surface area (Å²) in [5, 5.41) is 1.27. The summed E-state index contributed by atoms with van der Waals surface area (Å²) < 4.78 is 0. The van der Waals surface area contributed by atoms with Crippen molar-refractivity contribution in [2.24, 2.45) is 0 Å². The van der Waals surface area contributed by atoms with E-state index in [2.05, 4.69) is 96.0 Å². The van der Waals surface area contributed by atoms with E-state index in [1.165, 1.54) is 38.8 Å². The molecule has 0 unspecified atom stereocenters. The molecule has 5 aromatic carbocycles. The molecule has 41 heavy (non-hydrogen) atoms. The first-order valence-electron chi connectivity index (χ1n) is 13.3. The summed E-state index contributed by atoms with van der Waals surface area (Å²) in [4.78, 5) is 9.21. The summed E-state index contributed by atoms with van der Waals surface area (Å²) in [6.07, 6.45) is 1.80. The number of rotatable bonds is 3. The number of nitrogens with zero attached hydrogens (tertiary/aromatic N) is 2. The van der Waals surface area contributed by atoms with E-state index in [1.807, 2.05) is 60.7 Å². The zero-order valence-corrected chi connectivity index (χ0v) is 24.5. The molecule has 0 spiro atoms. The Morgan fingerprint density at radius 2 is 1.20 bits per heavy atom. The van der Waals surface area contributed by atoms with Crippen LogP contribution in [0.1, 0.15) is 0 Å². The number of aromatic nitrogens is 2. The Morgan fingerprint density at radius 1 is 0.463 bits per heavy atom. The molecule has 0 N–H and O–H groups in total. The van der Waals surface area contributed by atoms with E-state index in [0.717, 1.165) is 28.0 Å². The molecular weight excluding hydrogens is 677 g/mol. The van der Waals surface area contributed by atoms with Crippen LogP contribution in [0.15, 0.2) is 146 Å². The largest absolute Gasteiger partial charge is 0.305 e. The molecule has 0 atom stereocenters. The van der Waals surface area contributed by atoms with Gasteiger partial charge in [-0.3, -0.25) is 4.98 Å². The molecule has 8 rings (SSSR count). The Labute approximate surface area is 253 Å². The zero-order chi connectivity index (χ0) is 26.7. The molecule has 0 saturated carbocycles. The molecule has 1 radical (unpaired) electrons. The average molecular weight is 701 g/mol. The summed E-state index contributed by atoms with van der Waals surface area (Å²) in [6, 6.07) is 54.1. The maximum Gasteiger partial charge on any atom is 0.0607 e. The van der Waals surface area contributed by atoms with Gasteiger partial charge in [0.2, 0.25) is 0 Å². The fourth-order valence-corrected chi connectivity index (χ4v) is 5.31. The molecule has 0 aliphatic heterocycles. The van der Waals surface area contributed by atoms with E-state index in [-0.39, 0.29) is 20.1 Å². The van der Waals surface area contributed by atoms with Crippen molar-refractivity contribution in [3.8, 4) is 55.9 Å². The normalized spacial score (nSPS) is 10.7. The van der Waals surface area contributed by atoms with Gasteiger partial charge < -0.3 is 4.98 Å². The van der Waals surface area contributed by atoms with Crippen molar-refractivity contribution in [1.29, 1.82) is 0 Å². The van der Waals surface area contributed by atoms with Crippen molar-refractivity contribution < 1.29 is 20.1 Å². The SMILES string of the molecule is [Ir].[c-]1ccc(-c2ccccc2)cc1-c1ccccn1.[c-]1ccccc1-c1cc2c3c(cccc3n1)-c1ccccc1-2. The van der Waals surface area contributed by atoms with Crippen molar-refractivity contribution in [2.45, 2.75) is 0 Å². The minimum absolute atomic E-state index is 0. The minimum Gasteiger partial charge on any atom is -0.305 e. The van der Waals surface area contributed by atoms with Crippen LogP contribution in [0.2, 0.25) is 0 Å². The van der Waals surface area contributed by atoms with E-state index in [0.29, 0.717) is 0 Å². The first-order valence-corrected chi connectivity index (χ1v) is 13.3. The van der Waals surface area contributed by atoms with Crippen molar-refractivity contribution in [2.75, 3.05) is 0 Å².